The average Bonchev–Trinajstić information content (AvgIpc) is 2.90. The topological polar surface area (TPSA) is 40.6 Å². The zero-order chi connectivity index (χ0) is 15.2. The van der Waals surface area contributed by atoms with Gasteiger partial charge in [-0.25, -0.2) is 0 Å². The number of para-hydroxylation sites is 1. The van der Waals surface area contributed by atoms with Crippen LogP contribution in [-0.4, -0.2) is 36.3 Å². The van der Waals surface area contributed by atoms with Crippen LogP contribution in [0, 0.1) is 5.92 Å². The molecule has 0 unspecified atom stereocenters. The molecule has 0 aromatic heterocycles. The highest BCUT2D eigenvalue weighted by Gasteiger charge is 2.36. The van der Waals surface area contributed by atoms with Crippen LogP contribution in [0.2, 0.25) is 0 Å². The Morgan fingerprint density at radius 2 is 2.00 bits per heavy atom. The van der Waals surface area contributed by atoms with Gasteiger partial charge in [0.05, 0.1) is 5.92 Å². The minimum absolute atomic E-state index is 0.0473. The molecule has 1 heterocycles. The standard InChI is InChI=1S/C17H24N2O2/c1-3-5-11-18(4-2)17(21)14-12-16(20)19(13-14)15-9-7-6-8-10-15/h6-10,14H,3-5,11-13H2,1-2H3/t14-/m0/s1. The van der Waals surface area contributed by atoms with Crippen molar-refractivity contribution in [1.82, 2.24) is 4.90 Å². The Morgan fingerprint density at radius 1 is 1.29 bits per heavy atom. The molecule has 1 aromatic carbocycles. The maximum absolute atomic E-state index is 12.6. The number of hydrogen-bond acceptors (Lipinski definition) is 2. The lowest BCUT2D eigenvalue weighted by atomic mass is 10.1. The number of anilines is 1. The van der Waals surface area contributed by atoms with Gasteiger partial charge in [-0.05, 0) is 25.5 Å². The largest absolute Gasteiger partial charge is 0.343 e. The van der Waals surface area contributed by atoms with Crippen molar-refractivity contribution in [3.63, 3.8) is 0 Å². The third-order valence-electron chi connectivity index (χ3n) is 4.02. The van der Waals surface area contributed by atoms with E-state index in [-0.39, 0.29) is 17.7 Å². The van der Waals surface area contributed by atoms with Crippen LogP contribution in [0.4, 0.5) is 5.69 Å². The SMILES string of the molecule is CCCCN(CC)C(=O)[C@H]1CC(=O)N(c2ccccc2)C1. The van der Waals surface area contributed by atoms with Crippen LogP contribution in [-0.2, 0) is 9.59 Å². The number of nitrogens with zero attached hydrogens (tertiary/aromatic N) is 2. The minimum Gasteiger partial charge on any atom is -0.343 e. The molecule has 0 bridgehead atoms. The number of carbonyl (C=O) groups is 2. The lowest BCUT2D eigenvalue weighted by Gasteiger charge is -2.24. The molecule has 0 N–H and O–H groups in total. The van der Waals surface area contributed by atoms with Crippen molar-refractivity contribution >= 4 is 17.5 Å². The van der Waals surface area contributed by atoms with E-state index < -0.39 is 0 Å². The Bertz CT molecular complexity index is 487. The number of unbranched alkanes of at least 4 members (excludes halogenated alkanes) is 1. The summed E-state index contributed by atoms with van der Waals surface area (Å²) in [6.45, 7) is 6.13. The second-order valence-corrected chi connectivity index (χ2v) is 5.51. The van der Waals surface area contributed by atoms with Gasteiger partial charge in [-0.2, -0.15) is 0 Å². The molecule has 21 heavy (non-hydrogen) atoms. The summed E-state index contributed by atoms with van der Waals surface area (Å²) in [5.74, 6) is -0.0293. The summed E-state index contributed by atoms with van der Waals surface area (Å²) < 4.78 is 0. The Balaban J connectivity index is 2.03. The first kappa shape index (κ1) is 15.5. The predicted octanol–water partition coefficient (Wildman–Crippen LogP) is 2.69. The Hall–Kier alpha value is -1.84. The van der Waals surface area contributed by atoms with Crippen molar-refractivity contribution in [3.8, 4) is 0 Å². The molecule has 0 spiro atoms. The van der Waals surface area contributed by atoms with Crippen molar-refractivity contribution in [1.29, 1.82) is 0 Å². The average molecular weight is 288 g/mol. The first-order valence-electron chi connectivity index (χ1n) is 7.81. The van der Waals surface area contributed by atoms with Crippen molar-refractivity contribution in [2.24, 2.45) is 5.92 Å². The fraction of sp³-hybridized carbons (Fsp3) is 0.529. The van der Waals surface area contributed by atoms with Crippen molar-refractivity contribution in [3.05, 3.63) is 30.3 Å². The molecule has 2 amide bonds. The molecule has 1 fully saturated rings. The third-order valence-corrected chi connectivity index (χ3v) is 4.02. The van der Waals surface area contributed by atoms with Crippen LogP contribution in [0.5, 0.6) is 0 Å². The van der Waals surface area contributed by atoms with Crippen LogP contribution >= 0.6 is 0 Å². The van der Waals surface area contributed by atoms with E-state index in [0.717, 1.165) is 31.6 Å². The monoisotopic (exact) mass is 288 g/mol. The summed E-state index contributed by atoms with van der Waals surface area (Å²) >= 11 is 0. The molecule has 1 aromatic rings. The highest BCUT2D eigenvalue weighted by atomic mass is 16.2. The summed E-state index contributed by atoms with van der Waals surface area (Å²) in [5, 5.41) is 0. The van der Waals surface area contributed by atoms with Crippen molar-refractivity contribution in [2.75, 3.05) is 24.5 Å². The lowest BCUT2D eigenvalue weighted by Crippen LogP contribution is -2.38. The Morgan fingerprint density at radius 3 is 2.62 bits per heavy atom. The molecular formula is C17H24N2O2. The van der Waals surface area contributed by atoms with Crippen LogP contribution in [0.3, 0.4) is 0 Å². The molecule has 2 rings (SSSR count). The zero-order valence-corrected chi connectivity index (χ0v) is 12.9. The number of hydrogen-bond donors (Lipinski definition) is 0. The third kappa shape index (κ3) is 3.63. The molecule has 1 saturated heterocycles. The van der Waals surface area contributed by atoms with Gasteiger partial charge in [-0.3, -0.25) is 9.59 Å². The van der Waals surface area contributed by atoms with Crippen LogP contribution in [0.15, 0.2) is 30.3 Å². The van der Waals surface area contributed by atoms with E-state index in [1.807, 2.05) is 42.2 Å². The first-order chi connectivity index (χ1) is 10.2. The smallest absolute Gasteiger partial charge is 0.228 e. The van der Waals surface area contributed by atoms with E-state index in [1.165, 1.54) is 0 Å². The number of rotatable bonds is 6. The second-order valence-electron chi connectivity index (χ2n) is 5.51. The molecule has 4 heteroatoms. The van der Waals surface area contributed by atoms with E-state index in [4.69, 9.17) is 0 Å². The summed E-state index contributed by atoms with van der Waals surface area (Å²) in [5.41, 5.74) is 0.884. The van der Waals surface area contributed by atoms with Crippen molar-refractivity contribution < 1.29 is 9.59 Å². The van der Waals surface area contributed by atoms with Gasteiger partial charge in [0.25, 0.3) is 0 Å². The Labute approximate surface area is 126 Å². The lowest BCUT2D eigenvalue weighted by molar-refractivity contribution is -0.135. The Kier molecular flexibility index (Phi) is 5.37. The van der Waals surface area contributed by atoms with E-state index >= 15 is 0 Å². The molecule has 1 aliphatic heterocycles. The van der Waals surface area contributed by atoms with Gasteiger partial charge in [-0.1, -0.05) is 31.5 Å². The second kappa shape index (κ2) is 7.25. The minimum atomic E-state index is -0.200. The van der Waals surface area contributed by atoms with Gasteiger partial charge in [-0.15, -0.1) is 0 Å². The summed E-state index contributed by atoms with van der Waals surface area (Å²) in [6, 6.07) is 9.59. The molecule has 1 aliphatic rings. The summed E-state index contributed by atoms with van der Waals surface area (Å²) in [4.78, 5) is 28.3. The van der Waals surface area contributed by atoms with Crippen LogP contribution in [0.25, 0.3) is 0 Å². The van der Waals surface area contributed by atoms with E-state index in [1.54, 1.807) is 4.90 Å². The number of benzene rings is 1. The maximum Gasteiger partial charge on any atom is 0.228 e. The van der Waals surface area contributed by atoms with E-state index in [9.17, 15) is 9.59 Å². The quantitative estimate of drug-likeness (QED) is 0.807. The number of amides is 2. The maximum atomic E-state index is 12.6. The summed E-state index contributed by atoms with van der Waals surface area (Å²) in [6.07, 6.45) is 2.42. The highest BCUT2D eigenvalue weighted by molar-refractivity contribution is 6.00. The number of carbonyl (C=O) groups excluding carboxylic acids is 2. The fourth-order valence-electron chi connectivity index (χ4n) is 2.76. The normalized spacial score (nSPS) is 18.1. The molecular weight excluding hydrogens is 264 g/mol. The highest BCUT2D eigenvalue weighted by Crippen LogP contribution is 2.26. The molecule has 114 valence electrons. The van der Waals surface area contributed by atoms with Gasteiger partial charge in [0.2, 0.25) is 11.8 Å². The van der Waals surface area contributed by atoms with Crippen molar-refractivity contribution in [2.45, 2.75) is 33.1 Å². The first-order valence-corrected chi connectivity index (χ1v) is 7.81. The van der Waals surface area contributed by atoms with Crippen LogP contribution < -0.4 is 4.90 Å². The van der Waals surface area contributed by atoms with Gasteiger partial charge in [0.15, 0.2) is 0 Å². The fourth-order valence-corrected chi connectivity index (χ4v) is 2.76. The summed E-state index contributed by atoms with van der Waals surface area (Å²) in [7, 11) is 0. The van der Waals surface area contributed by atoms with Gasteiger partial charge in [0, 0.05) is 31.7 Å². The molecule has 4 nitrogen and oxygen atoms in total. The van der Waals surface area contributed by atoms with Gasteiger partial charge >= 0.3 is 0 Å². The molecule has 0 radical (unpaired) electrons. The van der Waals surface area contributed by atoms with E-state index in [0.29, 0.717) is 13.0 Å². The van der Waals surface area contributed by atoms with Gasteiger partial charge < -0.3 is 9.80 Å². The van der Waals surface area contributed by atoms with Gasteiger partial charge in [0.1, 0.15) is 0 Å². The predicted molar refractivity (Wildman–Crippen MR) is 84.1 cm³/mol. The molecule has 0 saturated carbocycles. The van der Waals surface area contributed by atoms with Crippen LogP contribution in [0.1, 0.15) is 33.1 Å². The molecule has 1 atom stereocenters. The van der Waals surface area contributed by atoms with E-state index in [2.05, 4.69) is 6.92 Å². The zero-order valence-electron chi connectivity index (χ0n) is 12.9. The molecule has 0 aliphatic carbocycles.